The van der Waals surface area contributed by atoms with Crippen molar-refractivity contribution in [1.29, 1.82) is 0 Å². The number of nitrogens with zero attached hydrogens (tertiary/aromatic N) is 5. The van der Waals surface area contributed by atoms with Crippen molar-refractivity contribution in [3.63, 3.8) is 0 Å². The third-order valence-electron chi connectivity index (χ3n) is 6.04. The third kappa shape index (κ3) is 4.27. The lowest BCUT2D eigenvalue weighted by molar-refractivity contribution is -0.385. The van der Waals surface area contributed by atoms with Gasteiger partial charge in [0.05, 0.1) is 20.9 Å². The lowest BCUT2D eigenvalue weighted by atomic mass is 10.1. The van der Waals surface area contributed by atoms with Crippen LogP contribution in [0.5, 0.6) is 0 Å². The van der Waals surface area contributed by atoms with E-state index in [2.05, 4.69) is 4.98 Å². The molecular weight excluding hydrogens is 470 g/mol. The third-order valence-corrected chi connectivity index (χ3v) is 7.93. The summed E-state index contributed by atoms with van der Waals surface area (Å²) < 4.78 is 29.1. The minimum atomic E-state index is -3.90. The number of nitro groups is 1. The zero-order valence-corrected chi connectivity index (χ0v) is 19.3. The van der Waals surface area contributed by atoms with Crippen molar-refractivity contribution in [2.24, 2.45) is 0 Å². The lowest BCUT2D eigenvalue weighted by Crippen LogP contribution is -2.50. The number of non-ortho nitro benzene ring substituents is 1. The topological polar surface area (TPSA) is 119 Å². The summed E-state index contributed by atoms with van der Waals surface area (Å²) in [5.74, 6) is -0.181. The molecule has 1 aromatic heterocycles. The predicted molar refractivity (Wildman–Crippen MR) is 129 cm³/mol. The molecule has 1 fully saturated rings. The van der Waals surface area contributed by atoms with Crippen LogP contribution in [-0.4, -0.2) is 64.2 Å². The molecule has 0 atom stereocenters. The van der Waals surface area contributed by atoms with Gasteiger partial charge in [0.2, 0.25) is 10.0 Å². The van der Waals surface area contributed by atoms with Gasteiger partial charge in [-0.15, -0.1) is 0 Å². The summed E-state index contributed by atoms with van der Waals surface area (Å²) in [5.41, 5.74) is 2.95. The van der Waals surface area contributed by atoms with Crippen LogP contribution in [-0.2, 0) is 10.0 Å². The van der Waals surface area contributed by atoms with E-state index in [1.807, 2.05) is 41.0 Å². The second-order valence-electron chi connectivity index (χ2n) is 8.10. The number of piperazine rings is 1. The number of para-hydroxylation sites is 2. The van der Waals surface area contributed by atoms with Gasteiger partial charge in [-0.25, -0.2) is 13.4 Å². The molecule has 0 spiro atoms. The van der Waals surface area contributed by atoms with Crippen LogP contribution < -0.4 is 0 Å². The van der Waals surface area contributed by atoms with Crippen molar-refractivity contribution in [1.82, 2.24) is 18.8 Å². The molecule has 10 nitrogen and oxygen atoms in total. The number of carbonyl (C=O) groups is 1. The van der Waals surface area contributed by atoms with Gasteiger partial charge in [-0.2, -0.15) is 4.31 Å². The number of hydrogen-bond donors (Lipinski definition) is 0. The molecule has 1 amide bonds. The fraction of sp³-hybridized carbons (Fsp3) is 0.167. The van der Waals surface area contributed by atoms with E-state index in [1.165, 1.54) is 22.5 Å². The van der Waals surface area contributed by atoms with E-state index in [4.69, 9.17) is 0 Å². The first-order valence-corrected chi connectivity index (χ1v) is 12.3. The molecule has 5 rings (SSSR count). The highest BCUT2D eigenvalue weighted by Crippen LogP contribution is 2.23. The van der Waals surface area contributed by atoms with Crippen molar-refractivity contribution in [2.45, 2.75) is 4.90 Å². The number of benzene rings is 3. The highest BCUT2D eigenvalue weighted by Gasteiger charge is 2.31. The van der Waals surface area contributed by atoms with Crippen LogP contribution >= 0.6 is 0 Å². The van der Waals surface area contributed by atoms with Gasteiger partial charge in [-0.3, -0.25) is 19.5 Å². The van der Waals surface area contributed by atoms with Crippen molar-refractivity contribution >= 4 is 32.7 Å². The van der Waals surface area contributed by atoms with E-state index in [-0.39, 0.29) is 42.7 Å². The summed E-state index contributed by atoms with van der Waals surface area (Å²) in [6.45, 7) is 0.660. The Bertz CT molecular complexity index is 1520. The van der Waals surface area contributed by atoms with Gasteiger partial charge in [0.15, 0.2) is 0 Å². The second-order valence-corrected chi connectivity index (χ2v) is 10.0. The van der Waals surface area contributed by atoms with Crippen molar-refractivity contribution < 1.29 is 18.1 Å². The molecule has 0 saturated carbocycles. The molecule has 4 aromatic rings. The number of nitro benzene ring substituents is 1. The van der Waals surface area contributed by atoms with Crippen molar-refractivity contribution in [3.05, 3.63) is 94.8 Å². The van der Waals surface area contributed by atoms with Gasteiger partial charge in [-0.05, 0) is 42.5 Å². The molecule has 1 aliphatic rings. The fourth-order valence-electron chi connectivity index (χ4n) is 4.15. The highest BCUT2D eigenvalue weighted by molar-refractivity contribution is 7.89. The van der Waals surface area contributed by atoms with E-state index < -0.39 is 14.9 Å². The van der Waals surface area contributed by atoms with Crippen LogP contribution in [0.1, 0.15) is 10.4 Å². The van der Waals surface area contributed by atoms with Crippen LogP contribution in [0.3, 0.4) is 0 Å². The molecule has 1 saturated heterocycles. The number of aromatic nitrogens is 2. The molecule has 11 heteroatoms. The minimum absolute atomic E-state index is 0.107. The average Bonchev–Trinajstić information content (AvgIpc) is 3.33. The maximum absolute atomic E-state index is 13.0. The first kappa shape index (κ1) is 22.7. The zero-order chi connectivity index (χ0) is 24.6. The molecule has 178 valence electrons. The van der Waals surface area contributed by atoms with E-state index >= 15 is 0 Å². The van der Waals surface area contributed by atoms with E-state index in [0.29, 0.717) is 5.56 Å². The fourth-order valence-corrected chi connectivity index (χ4v) is 5.61. The average molecular weight is 492 g/mol. The molecule has 1 aliphatic heterocycles. The Hall–Kier alpha value is -4.09. The SMILES string of the molecule is O=C(c1ccc(-n2cnc3ccccc32)cc1)N1CCN(S(=O)(=O)c2cccc([N+](=O)[O-])c2)CC1. The predicted octanol–water partition coefficient (Wildman–Crippen LogP) is 3.08. The second kappa shape index (κ2) is 8.93. The monoisotopic (exact) mass is 491 g/mol. The van der Waals surface area contributed by atoms with Crippen LogP contribution in [0.4, 0.5) is 5.69 Å². The lowest BCUT2D eigenvalue weighted by Gasteiger charge is -2.34. The van der Waals surface area contributed by atoms with Crippen LogP contribution in [0, 0.1) is 10.1 Å². The molecule has 0 unspecified atom stereocenters. The number of sulfonamides is 1. The molecule has 0 N–H and O–H groups in total. The van der Waals surface area contributed by atoms with Gasteiger partial charge in [-0.1, -0.05) is 18.2 Å². The van der Waals surface area contributed by atoms with Gasteiger partial charge in [0.25, 0.3) is 11.6 Å². The van der Waals surface area contributed by atoms with E-state index in [1.54, 1.807) is 23.4 Å². The van der Waals surface area contributed by atoms with Crippen LogP contribution in [0.15, 0.2) is 84.0 Å². The quantitative estimate of drug-likeness (QED) is 0.313. The molecule has 0 bridgehead atoms. The van der Waals surface area contributed by atoms with Gasteiger partial charge < -0.3 is 4.90 Å². The maximum Gasteiger partial charge on any atom is 0.270 e. The summed E-state index contributed by atoms with van der Waals surface area (Å²) in [7, 11) is -3.90. The normalized spacial score (nSPS) is 14.8. The Morgan fingerprint density at radius 2 is 1.63 bits per heavy atom. The number of imidazole rings is 1. The number of rotatable bonds is 5. The Kier molecular flexibility index (Phi) is 5.79. The minimum Gasteiger partial charge on any atom is -0.336 e. The van der Waals surface area contributed by atoms with E-state index in [9.17, 15) is 23.3 Å². The summed E-state index contributed by atoms with van der Waals surface area (Å²) in [4.78, 5) is 29.3. The molecule has 3 aromatic carbocycles. The Balaban J connectivity index is 1.27. The van der Waals surface area contributed by atoms with Crippen molar-refractivity contribution in [2.75, 3.05) is 26.2 Å². The number of fused-ring (bicyclic) bond motifs is 1. The first-order valence-electron chi connectivity index (χ1n) is 10.9. The smallest absolute Gasteiger partial charge is 0.270 e. The molecule has 35 heavy (non-hydrogen) atoms. The molecular formula is C24H21N5O5S. The summed E-state index contributed by atoms with van der Waals surface area (Å²) >= 11 is 0. The van der Waals surface area contributed by atoms with Crippen LogP contribution in [0.25, 0.3) is 16.7 Å². The number of carbonyl (C=O) groups excluding carboxylic acids is 1. The van der Waals surface area contributed by atoms with E-state index in [0.717, 1.165) is 22.8 Å². The maximum atomic E-state index is 13.0. The largest absolute Gasteiger partial charge is 0.336 e. The standard InChI is InChI=1S/C24H21N5O5S/c30-24(18-8-10-19(11-9-18)28-17-25-22-6-1-2-7-23(22)28)26-12-14-27(15-13-26)35(33,34)21-5-3-4-20(16-21)29(31)32/h1-11,16-17H,12-15H2. The first-order chi connectivity index (χ1) is 16.8. The Labute approximate surface area is 201 Å². The van der Waals surface area contributed by atoms with Crippen molar-refractivity contribution in [3.8, 4) is 5.69 Å². The molecule has 0 radical (unpaired) electrons. The van der Waals surface area contributed by atoms with Gasteiger partial charge in [0, 0.05) is 49.6 Å². The Morgan fingerprint density at radius 1 is 0.914 bits per heavy atom. The zero-order valence-electron chi connectivity index (χ0n) is 18.5. The summed E-state index contributed by atoms with van der Waals surface area (Å²) in [5, 5.41) is 11.0. The summed E-state index contributed by atoms with van der Waals surface area (Å²) in [6, 6.07) is 20.0. The Morgan fingerprint density at radius 3 is 2.34 bits per heavy atom. The highest BCUT2D eigenvalue weighted by atomic mass is 32.2. The number of hydrogen-bond acceptors (Lipinski definition) is 6. The van der Waals surface area contributed by atoms with Gasteiger partial charge in [0.1, 0.15) is 6.33 Å². The van der Waals surface area contributed by atoms with Gasteiger partial charge >= 0.3 is 0 Å². The van der Waals surface area contributed by atoms with Crippen LogP contribution in [0.2, 0.25) is 0 Å². The molecule has 2 heterocycles. The molecule has 0 aliphatic carbocycles. The number of amides is 1. The summed E-state index contributed by atoms with van der Waals surface area (Å²) in [6.07, 6.45) is 1.74.